The van der Waals surface area contributed by atoms with Crippen LogP contribution in [0.2, 0.25) is 0 Å². The lowest BCUT2D eigenvalue weighted by molar-refractivity contribution is 0.0423. The Labute approximate surface area is 77.6 Å². The maximum absolute atomic E-state index is 5.43. The van der Waals surface area contributed by atoms with Crippen LogP contribution in [0.25, 0.3) is 0 Å². The molecule has 0 amide bonds. The molecule has 1 aliphatic rings. The van der Waals surface area contributed by atoms with Crippen molar-refractivity contribution in [2.75, 3.05) is 24.6 Å². The van der Waals surface area contributed by atoms with Crippen molar-refractivity contribution < 1.29 is 4.74 Å². The zero-order valence-corrected chi connectivity index (χ0v) is 7.68. The molecule has 0 atom stereocenters. The molecular weight excluding hydrogens is 166 g/mol. The molecule has 0 N–H and O–H groups in total. The van der Waals surface area contributed by atoms with Crippen LogP contribution in [0, 0.1) is 0 Å². The first-order chi connectivity index (χ1) is 6.40. The SMILES string of the molecule is CCOC1CN(c2ncccn2)C1. The van der Waals surface area contributed by atoms with Gasteiger partial charge in [0.15, 0.2) is 0 Å². The molecule has 0 saturated carbocycles. The molecule has 4 heteroatoms. The van der Waals surface area contributed by atoms with E-state index in [-0.39, 0.29) is 0 Å². The average molecular weight is 179 g/mol. The van der Waals surface area contributed by atoms with E-state index in [1.807, 2.05) is 13.0 Å². The topological polar surface area (TPSA) is 38.2 Å². The van der Waals surface area contributed by atoms with E-state index in [9.17, 15) is 0 Å². The third-order valence-electron chi connectivity index (χ3n) is 2.09. The van der Waals surface area contributed by atoms with Crippen LogP contribution in [0.3, 0.4) is 0 Å². The summed E-state index contributed by atoms with van der Waals surface area (Å²) >= 11 is 0. The Morgan fingerprint density at radius 2 is 2.15 bits per heavy atom. The first kappa shape index (κ1) is 8.44. The second-order valence-corrected chi connectivity index (χ2v) is 3.03. The van der Waals surface area contributed by atoms with Crippen LogP contribution in [0.15, 0.2) is 18.5 Å². The number of hydrogen-bond acceptors (Lipinski definition) is 4. The van der Waals surface area contributed by atoms with Crippen molar-refractivity contribution in [3.63, 3.8) is 0 Å². The fraction of sp³-hybridized carbons (Fsp3) is 0.556. The fourth-order valence-electron chi connectivity index (χ4n) is 1.40. The maximum atomic E-state index is 5.43. The van der Waals surface area contributed by atoms with E-state index in [0.717, 1.165) is 25.6 Å². The molecule has 2 rings (SSSR count). The van der Waals surface area contributed by atoms with Gasteiger partial charge in [-0.25, -0.2) is 9.97 Å². The molecule has 1 aromatic heterocycles. The Bertz CT molecular complexity index is 259. The van der Waals surface area contributed by atoms with Crippen LogP contribution in [-0.4, -0.2) is 35.8 Å². The van der Waals surface area contributed by atoms with Crippen LogP contribution in [-0.2, 0) is 4.74 Å². The van der Waals surface area contributed by atoms with Gasteiger partial charge >= 0.3 is 0 Å². The molecule has 0 unspecified atom stereocenters. The van der Waals surface area contributed by atoms with E-state index in [2.05, 4.69) is 14.9 Å². The lowest BCUT2D eigenvalue weighted by atomic mass is 10.2. The normalized spacial score (nSPS) is 17.2. The van der Waals surface area contributed by atoms with Gasteiger partial charge in [0.1, 0.15) is 0 Å². The Kier molecular flexibility index (Phi) is 2.40. The summed E-state index contributed by atoms with van der Waals surface area (Å²) in [5.41, 5.74) is 0. The molecule has 0 bridgehead atoms. The van der Waals surface area contributed by atoms with Gasteiger partial charge in [-0.3, -0.25) is 0 Å². The van der Waals surface area contributed by atoms with Crippen molar-refractivity contribution in [2.45, 2.75) is 13.0 Å². The second-order valence-electron chi connectivity index (χ2n) is 3.03. The van der Waals surface area contributed by atoms with Crippen molar-refractivity contribution in [2.24, 2.45) is 0 Å². The first-order valence-corrected chi connectivity index (χ1v) is 4.53. The van der Waals surface area contributed by atoms with E-state index in [1.165, 1.54) is 0 Å². The summed E-state index contributed by atoms with van der Waals surface area (Å²) < 4.78 is 5.43. The Balaban J connectivity index is 1.87. The minimum Gasteiger partial charge on any atom is -0.375 e. The van der Waals surface area contributed by atoms with Gasteiger partial charge in [-0.2, -0.15) is 0 Å². The molecule has 0 spiro atoms. The largest absolute Gasteiger partial charge is 0.375 e. The van der Waals surface area contributed by atoms with Crippen molar-refractivity contribution in [1.29, 1.82) is 0 Å². The lowest BCUT2D eigenvalue weighted by Crippen LogP contribution is -2.53. The summed E-state index contributed by atoms with van der Waals surface area (Å²) in [6, 6.07) is 1.82. The molecule has 1 aliphatic heterocycles. The second kappa shape index (κ2) is 3.70. The van der Waals surface area contributed by atoms with Gasteiger partial charge in [-0.1, -0.05) is 0 Å². The first-order valence-electron chi connectivity index (χ1n) is 4.53. The van der Waals surface area contributed by atoms with Gasteiger partial charge in [0.05, 0.1) is 6.10 Å². The zero-order valence-electron chi connectivity index (χ0n) is 7.68. The molecule has 2 heterocycles. The molecule has 4 nitrogen and oxygen atoms in total. The van der Waals surface area contributed by atoms with Crippen molar-refractivity contribution in [3.05, 3.63) is 18.5 Å². The minimum absolute atomic E-state index is 0.369. The standard InChI is InChI=1S/C9H13N3O/c1-2-13-8-6-12(7-8)9-10-4-3-5-11-9/h3-5,8H,2,6-7H2,1H3. The van der Waals surface area contributed by atoms with E-state index < -0.39 is 0 Å². The summed E-state index contributed by atoms with van der Waals surface area (Å²) in [6.45, 7) is 4.63. The molecule has 13 heavy (non-hydrogen) atoms. The fourth-order valence-corrected chi connectivity index (χ4v) is 1.40. The molecule has 70 valence electrons. The van der Waals surface area contributed by atoms with Gasteiger partial charge in [0.2, 0.25) is 5.95 Å². The average Bonchev–Trinajstić information content (AvgIpc) is 2.12. The number of anilines is 1. The number of ether oxygens (including phenoxy) is 1. The van der Waals surface area contributed by atoms with Gasteiger partial charge < -0.3 is 9.64 Å². The van der Waals surface area contributed by atoms with Crippen molar-refractivity contribution in [3.8, 4) is 0 Å². The molecule has 0 aliphatic carbocycles. The highest BCUT2D eigenvalue weighted by molar-refractivity contribution is 5.33. The summed E-state index contributed by atoms with van der Waals surface area (Å²) in [5.74, 6) is 0.804. The van der Waals surface area contributed by atoms with Crippen LogP contribution >= 0.6 is 0 Å². The van der Waals surface area contributed by atoms with Gasteiger partial charge in [0.25, 0.3) is 0 Å². The Morgan fingerprint density at radius 1 is 1.46 bits per heavy atom. The predicted octanol–water partition coefficient (Wildman–Crippen LogP) is 0.702. The number of aromatic nitrogens is 2. The molecule has 1 saturated heterocycles. The monoisotopic (exact) mass is 179 g/mol. The van der Waals surface area contributed by atoms with Gasteiger partial charge in [-0.15, -0.1) is 0 Å². The van der Waals surface area contributed by atoms with Crippen molar-refractivity contribution in [1.82, 2.24) is 9.97 Å². The van der Waals surface area contributed by atoms with Crippen molar-refractivity contribution >= 4 is 5.95 Å². The lowest BCUT2D eigenvalue weighted by Gasteiger charge is -2.38. The molecule has 0 radical (unpaired) electrons. The van der Waals surface area contributed by atoms with Crippen LogP contribution in [0.5, 0.6) is 0 Å². The zero-order chi connectivity index (χ0) is 9.10. The molecular formula is C9H13N3O. The maximum Gasteiger partial charge on any atom is 0.225 e. The van der Waals surface area contributed by atoms with E-state index in [4.69, 9.17) is 4.74 Å². The van der Waals surface area contributed by atoms with Crippen LogP contribution in [0.4, 0.5) is 5.95 Å². The van der Waals surface area contributed by atoms with E-state index >= 15 is 0 Å². The number of rotatable bonds is 3. The molecule has 0 aromatic carbocycles. The highest BCUT2D eigenvalue weighted by Gasteiger charge is 2.28. The predicted molar refractivity (Wildman–Crippen MR) is 49.7 cm³/mol. The third-order valence-corrected chi connectivity index (χ3v) is 2.09. The summed E-state index contributed by atoms with van der Waals surface area (Å²) in [5, 5.41) is 0. The Hall–Kier alpha value is -1.16. The summed E-state index contributed by atoms with van der Waals surface area (Å²) in [7, 11) is 0. The van der Waals surface area contributed by atoms with E-state index in [0.29, 0.717) is 6.10 Å². The number of nitrogens with zero attached hydrogens (tertiary/aromatic N) is 3. The third kappa shape index (κ3) is 1.78. The van der Waals surface area contributed by atoms with E-state index in [1.54, 1.807) is 12.4 Å². The molecule has 1 aromatic rings. The highest BCUT2D eigenvalue weighted by Crippen LogP contribution is 2.16. The quantitative estimate of drug-likeness (QED) is 0.684. The summed E-state index contributed by atoms with van der Waals surface area (Å²) in [6.07, 6.45) is 3.89. The van der Waals surface area contributed by atoms with Crippen LogP contribution in [0.1, 0.15) is 6.92 Å². The molecule has 1 fully saturated rings. The number of hydrogen-bond donors (Lipinski definition) is 0. The summed E-state index contributed by atoms with van der Waals surface area (Å²) in [4.78, 5) is 10.4. The smallest absolute Gasteiger partial charge is 0.225 e. The minimum atomic E-state index is 0.369. The highest BCUT2D eigenvalue weighted by atomic mass is 16.5. The van der Waals surface area contributed by atoms with Gasteiger partial charge in [-0.05, 0) is 13.0 Å². The van der Waals surface area contributed by atoms with Crippen LogP contribution < -0.4 is 4.90 Å². The Morgan fingerprint density at radius 3 is 2.77 bits per heavy atom. The van der Waals surface area contributed by atoms with Gasteiger partial charge in [0, 0.05) is 32.1 Å².